The number of aromatic nitrogens is 2. The summed E-state index contributed by atoms with van der Waals surface area (Å²) < 4.78 is 6.41. The molecule has 0 amide bonds. The zero-order chi connectivity index (χ0) is 21.2. The number of methoxy groups -OCH3 is 1. The maximum Gasteiger partial charge on any atom is 0.305 e. The summed E-state index contributed by atoms with van der Waals surface area (Å²) >= 11 is 0. The molecule has 0 bridgehead atoms. The van der Waals surface area contributed by atoms with Crippen molar-refractivity contribution in [2.45, 2.75) is 70.2 Å². The summed E-state index contributed by atoms with van der Waals surface area (Å²) in [7, 11) is 1.35. The summed E-state index contributed by atoms with van der Waals surface area (Å²) in [6.07, 6.45) is 9.10. The maximum absolute atomic E-state index is 11.2. The van der Waals surface area contributed by atoms with Crippen LogP contribution in [0.5, 0.6) is 0 Å². The van der Waals surface area contributed by atoms with E-state index in [-0.39, 0.29) is 12.4 Å². The molecule has 1 unspecified atom stereocenters. The number of carbonyl (C=O) groups is 1. The average Bonchev–Trinajstić information content (AvgIpc) is 3.15. The highest BCUT2D eigenvalue weighted by atomic mass is 16.5. The molecular weight excluding hydrogens is 372 g/mol. The van der Waals surface area contributed by atoms with Crippen LogP contribution >= 0.6 is 0 Å². The van der Waals surface area contributed by atoms with E-state index in [1.807, 2.05) is 18.3 Å². The molecule has 160 valence electrons. The van der Waals surface area contributed by atoms with Gasteiger partial charge >= 0.3 is 5.97 Å². The Morgan fingerprint density at radius 2 is 2.00 bits per heavy atom. The van der Waals surface area contributed by atoms with Crippen LogP contribution in [-0.2, 0) is 9.53 Å². The number of carbonyl (C=O) groups excluding carboxylic acids is 1. The first-order valence-corrected chi connectivity index (χ1v) is 10.2. The smallest absolute Gasteiger partial charge is 0.305 e. The monoisotopic (exact) mass is 404 g/mol. The van der Waals surface area contributed by atoms with Crippen molar-refractivity contribution in [2.24, 2.45) is 0 Å². The van der Waals surface area contributed by atoms with Crippen LogP contribution in [-0.4, -0.2) is 50.0 Å². The molecule has 0 saturated carbocycles. The molecule has 7 nitrogen and oxygen atoms in total. The zero-order valence-corrected chi connectivity index (χ0v) is 17.2. The number of aliphatic hydroxyl groups excluding tert-OH is 3. The average molecular weight is 405 g/mol. The van der Waals surface area contributed by atoms with Gasteiger partial charge in [-0.15, -0.1) is 0 Å². The van der Waals surface area contributed by atoms with Crippen molar-refractivity contribution < 1.29 is 24.9 Å². The SMILES string of the molecule is CCCCC[C@H](O)[C@H](O)/C=C/c1ccc2ncc(C(O)CCCC(=O)OC)n2c1. The van der Waals surface area contributed by atoms with E-state index < -0.39 is 18.3 Å². The van der Waals surface area contributed by atoms with Gasteiger partial charge in [-0.05, 0) is 37.0 Å². The molecule has 0 aliphatic carbocycles. The summed E-state index contributed by atoms with van der Waals surface area (Å²) in [5, 5.41) is 30.6. The minimum absolute atomic E-state index is 0.261. The van der Waals surface area contributed by atoms with E-state index >= 15 is 0 Å². The number of imidazole rings is 1. The molecule has 2 aromatic rings. The first-order chi connectivity index (χ1) is 14.0. The number of hydrogen-bond acceptors (Lipinski definition) is 6. The van der Waals surface area contributed by atoms with Crippen molar-refractivity contribution in [3.8, 4) is 0 Å². The highest BCUT2D eigenvalue weighted by Gasteiger charge is 2.15. The number of fused-ring (bicyclic) bond motifs is 1. The minimum atomic E-state index is -0.922. The fourth-order valence-corrected chi connectivity index (χ4v) is 3.16. The Hall–Kier alpha value is -2.22. The van der Waals surface area contributed by atoms with E-state index in [0.717, 1.165) is 24.8 Å². The third kappa shape index (κ3) is 6.96. The van der Waals surface area contributed by atoms with Crippen molar-refractivity contribution in [3.63, 3.8) is 0 Å². The normalized spacial score (nSPS) is 14.9. The van der Waals surface area contributed by atoms with Crippen molar-refractivity contribution in [1.82, 2.24) is 9.38 Å². The fraction of sp³-hybridized carbons (Fsp3) is 0.545. The van der Waals surface area contributed by atoms with E-state index in [9.17, 15) is 20.1 Å². The lowest BCUT2D eigenvalue weighted by molar-refractivity contribution is -0.140. The van der Waals surface area contributed by atoms with E-state index in [1.165, 1.54) is 7.11 Å². The number of rotatable bonds is 12. The molecule has 0 saturated heterocycles. The first-order valence-electron chi connectivity index (χ1n) is 10.2. The Bertz CT molecular complexity index is 802. The summed E-state index contributed by atoms with van der Waals surface area (Å²) in [5.74, 6) is -0.293. The largest absolute Gasteiger partial charge is 0.469 e. The molecular formula is C22H32N2O5. The van der Waals surface area contributed by atoms with Crippen molar-refractivity contribution in [1.29, 1.82) is 0 Å². The van der Waals surface area contributed by atoms with E-state index in [0.29, 0.717) is 30.6 Å². The summed E-state index contributed by atoms with van der Waals surface area (Å²) in [5.41, 5.74) is 2.16. The van der Waals surface area contributed by atoms with Crippen LogP contribution in [0.15, 0.2) is 30.6 Å². The first kappa shape index (κ1) is 23.1. The van der Waals surface area contributed by atoms with Gasteiger partial charge in [0.25, 0.3) is 0 Å². The number of unbranched alkanes of at least 4 members (excludes halogenated alkanes) is 2. The standard InChI is InChI=1S/C22H32N2O5/c1-3-4-5-7-19(26)20(27)12-10-16-11-13-21-23-14-17(24(21)15-16)18(25)8-6-9-22(28)29-2/h10-15,18-20,25-27H,3-9H2,1-2H3/b12-10+/t18?,19-,20+/m0/s1. The number of hydrogen-bond donors (Lipinski definition) is 3. The lowest BCUT2D eigenvalue weighted by Gasteiger charge is -2.14. The Kier molecular flexibility index (Phi) is 9.31. The third-order valence-electron chi connectivity index (χ3n) is 4.97. The zero-order valence-electron chi connectivity index (χ0n) is 17.2. The summed E-state index contributed by atoms with van der Waals surface area (Å²) in [4.78, 5) is 15.5. The molecule has 2 heterocycles. The second-order valence-electron chi connectivity index (χ2n) is 7.27. The molecule has 0 fully saturated rings. The second kappa shape index (κ2) is 11.7. The van der Waals surface area contributed by atoms with Crippen LogP contribution in [0, 0.1) is 0 Å². The van der Waals surface area contributed by atoms with Crippen LogP contribution in [0.2, 0.25) is 0 Å². The highest BCUT2D eigenvalue weighted by molar-refractivity contribution is 5.69. The van der Waals surface area contributed by atoms with Crippen LogP contribution < -0.4 is 0 Å². The molecule has 29 heavy (non-hydrogen) atoms. The van der Waals surface area contributed by atoms with E-state index in [4.69, 9.17) is 0 Å². The van der Waals surface area contributed by atoms with Crippen LogP contribution in [0.25, 0.3) is 11.7 Å². The molecule has 7 heteroatoms. The van der Waals surface area contributed by atoms with Gasteiger partial charge in [-0.25, -0.2) is 4.98 Å². The topological polar surface area (TPSA) is 104 Å². The van der Waals surface area contributed by atoms with Gasteiger partial charge in [0, 0.05) is 12.6 Å². The van der Waals surface area contributed by atoms with Crippen molar-refractivity contribution >= 4 is 17.7 Å². The van der Waals surface area contributed by atoms with Gasteiger partial charge in [0.15, 0.2) is 0 Å². The number of nitrogens with zero attached hydrogens (tertiary/aromatic N) is 2. The number of esters is 1. The Morgan fingerprint density at radius 3 is 2.72 bits per heavy atom. The van der Waals surface area contributed by atoms with E-state index in [2.05, 4.69) is 16.6 Å². The van der Waals surface area contributed by atoms with Gasteiger partial charge in [0.1, 0.15) is 5.65 Å². The quantitative estimate of drug-likeness (QED) is 0.371. The predicted molar refractivity (Wildman–Crippen MR) is 111 cm³/mol. The molecule has 0 spiro atoms. The minimum Gasteiger partial charge on any atom is -0.469 e. The van der Waals surface area contributed by atoms with Gasteiger partial charge in [0.05, 0.1) is 37.3 Å². The molecule has 2 aromatic heterocycles. The number of pyridine rings is 1. The predicted octanol–water partition coefficient (Wildman–Crippen LogP) is 3.03. The van der Waals surface area contributed by atoms with E-state index in [1.54, 1.807) is 22.7 Å². The Morgan fingerprint density at radius 1 is 1.21 bits per heavy atom. The summed E-state index contributed by atoms with van der Waals surface area (Å²) in [6, 6.07) is 3.69. The molecule has 0 radical (unpaired) electrons. The Labute approximate surface area is 171 Å². The third-order valence-corrected chi connectivity index (χ3v) is 4.97. The fourth-order valence-electron chi connectivity index (χ4n) is 3.16. The van der Waals surface area contributed by atoms with Gasteiger partial charge in [0.2, 0.25) is 0 Å². The number of ether oxygens (including phenoxy) is 1. The molecule has 0 aromatic carbocycles. The van der Waals surface area contributed by atoms with Crippen molar-refractivity contribution in [2.75, 3.05) is 7.11 Å². The Balaban J connectivity index is 2.03. The van der Waals surface area contributed by atoms with Gasteiger partial charge in [-0.3, -0.25) is 4.79 Å². The van der Waals surface area contributed by atoms with Crippen LogP contribution in [0.3, 0.4) is 0 Å². The van der Waals surface area contributed by atoms with Crippen LogP contribution in [0.4, 0.5) is 0 Å². The second-order valence-corrected chi connectivity index (χ2v) is 7.27. The maximum atomic E-state index is 11.2. The lowest BCUT2D eigenvalue weighted by Crippen LogP contribution is -2.23. The molecule has 0 aliphatic rings. The lowest BCUT2D eigenvalue weighted by atomic mass is 10.1. The van der Waals surface area contributed by atoms with Gasteiger partial charge in [-0.2, -0.15) is 0 Å². The molecule has 0 aliphatic heterocycles. The summed E-state index contributed by atoms with van der Waals surface area (Å²) in [6.45, 7) is 2.10. The molecule has 3 atom stereocenters. The molecule has 3 N–H and O–H groups in total. The number of aliphatic hydroxyl groups is 3. The van der Waals surface area contributed by atoms with Gasteiger partial charge in [-0.1, -0.05) is 38.3 Å². The molecule has 2 rings (SSSR count). The van der Waals surface area contributed by atoms with Crippen molar-refractivity contribution in [3.05, 3.63) is 41.9 Å². The van der Waals surface area contributed by atoms with Gasteiger partial charge < -0.3 is 24.5 Å². The highest BCUT2D eigenvalue weighted by Crippen LogP contribution is 2.21. The van der Waals surface area contributed by atoms with Crippen LogP contribution in [0.1, 0.15) is 69.2 Å².